The van der Waals surface area contributed by atoms with E-state index in [9.17, 15) is 9.59 Å². The fourth-order valence-corrected chi connectivity index (χ4v) is 4.76. The standard InChI is InChI=1S/C28H29N5O2.C2H6/c1-18-9-11-21(12-10-18)16-33-26-20(3)15-32(28(35)24-8-5-13-29-24)17-23(26)25(31-33)27(34)30-22-7-4-6-19(2)14-22;1-2/h4-14,20,29H,15-17H2,1-3H3,(H,30,34);1-2H3/t20-;/m1./s1. The molecule has 0 fully saturated rings. The minimum Gasteiger partial charge on any atom is -0.357 e. The Morgan fingerprint density at radius 3 is 2.46 bits per heavy atom. The van der Waals surface area contributed by atoms with Crippen LogP contribution in [-0.4, -0.2) is 38.0 Å². The van der Waals surface area contributed by atoms with Gasteiger partial charge >= 0.3 is 0 Å². The van der Waals surface area contributed by atoms with Crippen molar-refractivity contribution in [3.05, 3.63) is 106 Å². The van der Waals surface area contributed by atoms with Gasteiger partial charge in [-0.15, -0.1) is 0 Å². The molecule has 1 aliphatic heterocycles. The van der Waals surface area contributed by atoms with E-state index >= 15 is 0 Å². The molecule has 2 N–H and O–H groups in total. The molecular weight excluding hydrogens is 462 g/mol. The van der Waals surface area contributed by atoms with Crippen LogP contribution in [-0.2, 0) is 13.1 Å². The van der Waals surface area contributed by atoms with Crippen LogP contribution < -0.4 is 5.32 Å². The summed E-state index contributed by atoms with van der Waals surface area (Å²) in [4.78, 5) is 31.3. The lowest BCUT2D eigenvalue weighted by Gasteiger charge is -2.32. The van der Waals surface area contributed by atoms with E-state index in [0.717, 1.165) is 28.1 Å². The highest BCUT2D eigenvalue weighted by molar-refractivity contribution is 6.04. The lowest BCUT2D eigenvalue weighted by molar-refractivity contribution is 0.0711. The first kappa shape index (κ1) is 25.9. The molecule has 4 aromatic rings. The van der Waals surface area contributed by atoms with Gasteiger partial charge < -0.3 is 15.2 Å². The summed E-state index contributed by atoms with van der Waals surface area (Å²) in [7, 11) is 0. The first-order valence-electron chi connectivity index (χ1n) is 12.8. The van der Waals surface area contributed by atoms with Gasteiger partial charge in [-0.25, -0.2) is 0 Å². The summed E-state index contributed by atoms with van der Waals surface area (Å²) in [6.07, 6.45) is 1.74. The van der Waals surface area contributed by atoms with Crippen LogP contribution in [0.4, 0.5) is 5.69 Å². The molecule has 2 amide bonds. The second-order valence-corrected chi connectivity index (χ2v) is 9.35. The molecule has 2 aromatic carbocycles. The molecular formula is C30H35N5O2. The number of anilines is 1. The Labute approximate surface area is 218 Å². The van der Waals surface area contributed by atoms with Crippen LogP contribution in [0.5, 0.6) is 0 Å². The Kier molecular flexibility index (Phi) is 7.92. The third-order valence-electron chi connectivity index (χ3n) is 6.46. The van der Waals surface area contributed by atoms with E-state index in [1.807, 2.05) is 55.8 Å². The smallest absolute Gasteiger partial charge is 0.276 e. The number of aromatic nitrogens is 3. The van der Waals surface area contributed by atoms with Gasteiger partial charge in [-0.2, -0.15) is 5.10 Å². The van der Waals surface area contributed by atoms with E-state index < -0.39 is 0 Å². The molecule has 0 saturated carbocycles. The zero-order valence-electron chi connectivity index (χ0n) is 22.2. The van der Waals surface area contributed by atoms with Crippen LogP contribution in [0.3, 0.4) is 0 Å². The summed E-state index contributed by atoms with van der Waals surface area (Å²) in [5, 5.41) is 7.79. The molecule has 1 aliphatic rings. The molecule has 0 bridgehead atoms. The predicted octanol–water partition coefficient (Wildman–Crippen LogP) is 5.91. The number of amides is 2. The molecule has 0 saturated heterocycles. The maximum absolute atomic E-state index is 13.4. The summed E-state index contributed by atoms with van der Waals surface area (Å²) in [6, 6.07) is 19.6. The number of hydrogen-bond acceptors (Lipinski definition) is 3. The fourth-order valence-electron chi connectivity index (χ4n) is 4.76. The van der Waals surface area contributed by atoms with Crippen LogP contribution >= 0.6 is 0 Å². The molecule has 0 radical (unpaired) electrons. The molecule has 2 aromatic heterocycles. The Balaban J connectivity index is 0.00000156. The minimum absolute atomic E-state index is 0.0242. The quantitative estimate of drug-likeness (QED) is 0.359. The number of H-pyrrole nitrogens is 1. The lowest BCUT2D eigenvalue weighted by Crippen LogP contribution is -2.38. The molecule has 7 heteroatoms. The number of aryl methyl sites for hydroxylation is 2. The molecule has 3 heterocycles. The normalized spacial score (nSPS) is 14.4. The van der Waals surface area contributed by atoms with E-state index in [1.165, 1.54) is 5.56 Å². The lowest BCUT2D eigenvalue weighted by atomic mass is 9.95. The van der Waals surface area contributed by atoms with Crippen molar-refractivity contribution in [1.82, 2.24) is 19.7 Å². The maximum Gasteiger partial charge on any atom is 0.276 e. The third kappa shape index (κ3) is 5.66. The summed E-state index contributed by atoms with van der Waals surface area (Å²) in [5.74, 6) is -0.323. The number of rotatable bonds is 5. The second-order valence-electron chi connectivity index (χ2n) is 9.35. The van der Waals surface area contributed by atoms with Crippen LogP contribution in [0.15, 0.2) is 66.9 Å². The number of aromatic amines is 1. The van der Waals surface area contributed by atoms with Gasteiger partial charge in [0, 0.05) is 35.6 Å². The molecule has 0 aliphatic carbocycles. The Morgan fingerprint density at radius 1 is 1.03 bits per heavy atom. The van der Waals surface area contributed by atoms with Crippen LogP contribution in [0.1, 0.15) is 75.6 Å². The van der Waals surface area contributed by atoms with E-state index in [4.69, 9.17) is 5.10 Å². The van der Waals surface area contributed by atoms with Crippen molar-refractivity contribution in [2.75, 3.05) is 11.9 Å². The first-order valence-corrected chi connectivity index (χ1v) is 12.8. The molecule has 5 rings (SSSR count). The van der Waals surface area contributed by atoms with Gasteiger partial charge in [-0.3, -0.25) is 14.3 Å². The third-order valence-corrected chi connectivity index (χ3v) is 6.46. The number of nitrogens with zero attached hydrogens (tertiary/aromatic N) is 3. The molecule has 1 atom stereocenters. The van der Waals surface area contributed by atoms with Gasteiger partial charge in [0.25, 0.3) is 11.8 Å². The van der Waals surface area contributed by atoms with E-state index in [-0.39, 0.29) is 17.7 Å². The van der Waals surface area contributed by atoms with E-state index in [2.05, 4.69) is 48.4 Å². The van der Waals surface area contributed by atoms with Crippen molar-refractivity contribution in [1.29, 1.82) is 0 Å². The molecule has 192 valence electrons. The monoisotopic (exact) mass is 497 g/mol. The van der Waals surface area contributed by atoms with Crippen molar-refractivity contribution in [3.63, 3.8) is 0 Å². The largest absolute Gasteiger partial charge is 0.357 e. The van der Waals surface area contributed by atoms with Gasteiger partial charge in [0.15, 0.2) is 5.69 Å². The van der Waals surface area contributed by atoms with E-state index in [1.54, 1.807) is 17.2 Å². The van der Waals surface area contributed by atoms with Gasteiger partial charge in [0.1, 0.15) is 5.69 Å². The van der Waals surface area contributed by atoms with Crippen LogP contribution in [0.2, 0.25) is 0 Å². The van der Waals surface area contributed by atoms with E-state index in [0.29, 0.717) is 31.0 Å². The van der Waals surface area contributed by atoms with Gasteiger partial charge in [0.2, 0.25) is 0 Å². The predicted molar refractivity (Wildman–Crippen MR) is 147 cm³/mol. The summed E-state index contributed by atoms with van der Waals surface area (Å²) in [6.45, 7) is 11.6. The topological polar surface area (TPSA) is 83.0 Å². The zero-order chi connectivity index (χ0) is 26.5. The van der Waals surface area contributed by atoms with Gasteiger partial charge in [-0.1, -0.05) is 62.7 Å². The molecule has 0 unspecified atom stereocenters. The minimum atomic E-state index is -0.268. The number of benzene rings is 2. The summed E-state index contributed by atoms with van der Waals surface area (Å²) < 4.78 is 1.94. The van der Waals surface area contributed by atoms with Crippen LogP contribution in [0, 0.1) is 13.8 Å². The fraction of sp³-hybridized carbons (Fsp3) is 0.300. The average Bonchev–Trinajstić information content (AvgIpc) is 3.55. The summed E-state index contributed by atoms with van der Waals surface area (Å²) >= 11 is 0. The Bertz CT molecular complexity index is 1370. The summed E-state index contributed by atoms with van der Waals surface area (Å²) in [5.41, 5.74) is 6.82. The van der Waals surface area contributed by atoms with Crippen molar-refractivity contribution in [2.45, 2.75) is 53.6 Å². The van der Waals surface area contributed by atoms with Crippen LogP contribution in [0.25, 0.3) is 0 Å². The van der Waals surface area contributed by atoms with Crippen molar-refractivity contribution < 1.29 is 9.59 Å². The maximum atomic E-state index is 13.4. The van der Waals surface area contributed by atoms with Crippen molar-refractivity contribution >= 4 is 17.5 Å². The number of carbonyl (C=O) groups is 2. The number of carbonyl (C=O) groups excluding carboxylic acids is 2. The Hall–Kier alpha value is -4.13. The average molecular weight is 498 g/mol. The molecule has 7 nitrogen and oxygen atoms in total. The highest BCUT2D eigenvalue weighted by Gasteiger charge is 2.34. The second kappa shape index (κ2) is 11.3. The SMILES string of the molecule is CC.Cc1ccc(Cn2nc(C(=O)Nc3cccc(C)c3)c3c2[C@H](C)CN(C(=O)c2ccc[nH]2)C3)cc1. The van der Waals surface area contributed by atoms with Crippen molar-refractivity contribution in [3.8, 4) is 0 Å². The first-order chi connectivity index (χ1) is 17.9. The van der Waals surface area contributed by atoms with Gasteiger partial charge in [-0.05, 0) is 49.2 Å². The van der Waals surface area contributed by atoms with Gasteiger partial charge in [0.05, 0.1) is 13.1 Å². The number of nitrogens with one attached hydrogen (secondary N) is 2. The highest BCUT2D eigenvalue weighted by atomic mass is 16.2. The highest BCUT2D eigenvalue weighted by Crippen LogP contribution is 2.32. The molecule has 0 spiro atoms. The van der Waals surface area contributed by atoms with Crippen molar-refractivity contribution in [2.24, 2.45) is 0 Å². The molecule has 37 heavy (non-hydrogen) atoms. The number of fused-ring (bicyclic) bond motifs is 1. The zero-order valence-corrected chi connectivity index (χ0v) is 22.2. The number of hydrogen-bond donors (Lipinski definition) is 2. The Morgan fingerprint density at radius 2 is 1.78 bits per heavy atom.